The summed E-state index contributed by atoms with van der Waals surface area (Å²) in [5.74, 6) is 0.191. The second-order valence-electron chi connectivity index (χ2n) is 6.84. The van der Waals surface area contributed by atoms with Crippen molar-refractivity contribution < 1.29 is 9.13 Å². The zero-order chi connectivity index (χ0) is 21.2. The number of aromatic nitrogens is 4. The summed E-state index contributed by atoms with van der Waals surface area (Å²) in [6.45, 7) is 0. The molecule has 0 atom stereocenters. The fourth-order valence-corrected chi connectivity index (χ4v) is 3.42. The Kier molecular flexibility index (Phi) is 4.72. The molecule has 0 radical (unpaired) electrons. The summed E-state index contributed by atoms with van der Waals surface area (Å²) in [6.07, 6.45) is 10.3. The van der Waals surface area contributed by atoms with Crippen LogP contribution in [0, 0.1) is 5.82 Å². The molecular weight excluding hydrogens is 395 g/mol. The SMILES string of the molecule is COC1=CN(c2ccc(-n3ccnc3)cc2F)NC(c2ccnn2-c2ccccc2)=C1. The molecule has 3 heterocycles. The number of anilines is 1. The number of imidazole rings is 1. The van der Waals surface area contributed by atoms with Crippen molar-refractivity contribution in [3.05, 3.63) is 109 Å². The van der Waals surface area contributed by atoms with Gasteiger partial charge in [0.25, 0.3) is 0 Å². The Balaban J connectivity index is 1.50. The van der Waals surface area contributed by atoms with E-state index in [9.17, 15) is 0 Å². The molecule has 5 rings (SSSR count). The van der Waals surface area contributed by atoms with Crippen LogP contribution in [0.1, 0.15) is 5.69 Å². The highest BCUT2D eigenvalue weighted by molar-refractivity contribution is 5.70. The number of nitrogens with zero attached hydrogens (tertiary/aromatic N) is 5. The monoisotopic (exact) mass is 414 g/mol. The van der Waals surface area contributed by atoms with Gasteiger partial charge in [-0.1, -0.05) is 18.2 Å². The second kappa shape index (κ2) is 7.83. The third-order valence-corrected chi connectivity index (χ3v) is 4.93. The Morgan fingerprint density at radius 2 is 1.87 bits per heavy atom. The first-order valence-corrected chi connectivity index (χ1v) is 9.64. The largest absolute Gasteiger partial charge is 0.495 e. The van der Waals surface area contributed by atoms with Gasteiger partial charge in [-0.3, -0.25) is 10.4 Å². The van der Waals surface area contributed by atoms with E-state index in [4.69, 9.17) is 4.74 Å². The average Bonchev–Trinajstić information content (AvgIpc) is 3.52. The summed E-state index contributed by atoms with van der Waals surface area (Å²) in [7, 11) is 1.58. The molecule has 0 bridgehead atoms. The van der Waals surface area contributed by atoms with Gasteiger partial charge in [-0.25, -0.2) is 14.1 Å². The highest BCUT2D eigenvalue weighted by atomic mass is 19.1. The van der Waals surface area contributed by atoms with Gasteiger partial charge in [0.2, 0.25) is 0 Å². The van der Waals surface area contributed by atoms with Crippen molar-refractivity contribution in [1.29, 1.82) is 0 Å². The lowest BCUT2D eigenvalue weighted by atomic mass is 10.2. The molecule has 2 aromatic carbocycles. The van der Waals surface area contributed by atoms with E-state index in [1.54, 1.807) is 53.9 Å². The first kappa shape index (κ1) is 18.7. The van der Waals surface area contributed by atoms with E-state index in [-0.39, 0.29) is 5.82 Å². The van der Waals surface area contributed by atoms with E-state index < -0.39 is 0 Å². The van der Waals surface area contributed by atoms with Gasteiger partial charge < -0.3 is 9.30 Å². The van der Waals surface area contributed by atoms with E-state index in [2.05, 4.69) is 15.5 Å². The van der Waals surface area contributed by atoms with Crippen molar-refractivity contribution in [2.24, 2.45) is 0 Å². The summed E-state index contributed by atoms with van der Waals surface area (Å²) in [5, 5.41) is 6.04. The smallest absolute Gasteiger partial charge is 0.150 e. The van der Waals surface area contributed by atoms with Gasteiger partial charge in [-0.15, -0.1) is 0 Å². The summed E-state index contributed by atoms with van der Waals surface area (Å²) in [5.41, 5.74) is 6.75. The summed E-state index contributed by atoms with van der Waals surface area (Å²) >= 11 is 0. The van der Waals surface area contributed by atoms with Crippen LogP contribution in [0.15, 0.2) is 97.6 Å². The molecular formula is C23H19FN6O. The molecule has 0 saturated carbocycles. The molecule has 0 aliphatic carbocycles. The van der Waals surface area contributed by atoms with Crippen molar-refractivity contribution in [1.82, 2.24) is 24.8 Å². The van der Waals surface area contributed by atoms with Crippen molar-refractivity contribution in [2.75, 3.05) is 12.1 Å². The third kappa shape index (κ3) is 3.55. The Labute approximate surface area is 178 Å². The molecule has 7 nitrogen and oxygen atoms in total. The maximum atomic E-state index is 15.0. The summed E-state index contributed by atoms with van der Waals surface area (Å²) in [4.78, 5) is 4.01. The molecule has 154 valence electrons. The van der Waals surface area contributed by atoms with Gasteiger partial charge >= 0.3 is 0 Å². The Bertz CT molecular complexity index is 1260. The molecule has 2 aromatic heterocycles. The number of para-hydroxylation sites is 1. The molecule has 1 aliphatic heterocycles. The number of methoxy groups -OCH3 is 1. The highest BCUT2D eigenvalue weighted by Gasteiger charge is 2.20. The minimum absolute atomic E-state index is 0.356. The Morgan fingerprint density at radius 1 is 1.00 bits per heavy atom. The average molecular weight is 414 g/mol. The lowest BCUT2D eigenvalue weighted by Crippen LogP contribution is -2.36. The number of ether oxygens (including phenoxy) is 1. The van der Waals surface area contributed by atoms with E-state index in [1.165, 1.54) is 6.07 Å². The van der Waals surface area contributed by atoms with Crippen LogP contribution in [-0.4, -0.2) is 26.4 Å². The number of hydrogen-bond acceptors (Lipinski definition) is 5. The fourth-order valence-electron chi connectivity index (χ4n) is 3.42. The van der Waals surface area contributed by atoms with Crippen LogP contribution in [-0.2, 0) is 4.74 Å². The van der Waals surface area contributed by atoms with Gasteiger partial charge in [-0.05, 0) is 30.3 Å². The van der Waals surface area contributed by atoms with Gasteiger partial charge in [0, 0.05) is 30.2 Å². The molecule has 31 heavy (non-hydrogen) atoms. The second-order valence-corrected chi connectivity index (χ2v) is 6.84. The minimum Gasteiger partial charge on any atom is -0.495 e. The standard InChI is InChI=1S/C23H19FN6O/c1-31-19-14-21(23-9-10-26-30(23)17-5-3-2-4-6-17)27-29(15-19)22-8-7-18(13-20(22)24)28-12-11-25-16-28/h2-16,27H,1H3. The van der Waals surface area contributed by atoms with Crippen LogP contribution < -0.4 is 10.4 Å². The number of benzene rings is 2. The first-order chi connectivity index (χ1) is 15.2. The molecule has 8 heteroatoms. The van der Waals surface area contributed by atoms with Gasteiger partial charge in [0.05, 0.1) is 48.6 Å². The minimum atomic E-state index is -0.386. The predicted molar refractivity (Wildman–Crippen MR) is 116 cm³/mol. The predicted octanol–water partition coefficient (Wildman–Crippen LogP) is 4.05. The normalized spacial score (nSPS) is 13.4. The van der Waals surface area contributed by atoms with Crippen molar-refractivity contribution in [2.45, 2.75) is 0 Å². The molecule has 0 spiro atoms. The first-order valence-electron chi connectivity index (χ1n) is 9.64. The van der Waals surface area contributed by atoms with Crippen LogP contribution in [0.4, 0.5) is 10.1 Å². The molecule has 1 aliphatic rings. The van der Waals surface area contributed by atoms with E-state index in [0.717, 1.165) is 17.1 Å². The van der Waals surface area contributed by atoms with Crippen LogP contribution in [0.25, 0.3) is 17.1 Å². The van der Waals surface area contributed by atoms with Gasteiger partial charge in [0.1, 0.15) is 5.76 Å². The van der Waals surface area contributed by atoms with Gasteiger partial charge in [0.15, 0.2) is 5.82 Å². The lowest BCUT2D eigenvalue weighted by molar-refractivity contribution is 0.303. The quantitative estimate of drug-likeness (QED) is 0.534. The van der Waals surface area contributed by atoms with Crippen LogP contribution >= 0.6 is 0 Å². The van der Waals surface area contributed by atoms with Crippen LogP contribution in [0.2, 0.25) is 0 Å². The van der Waals surface area contributed by atoms with E-state index >= 15 is 4.39 Å². The van der Waals surface area contributed by atoms with Crippen LogP contribution in [0.5, 0.6) is 0 Å². The van der Waals surface area contributed by atoms with E-state index in [0.29, 0.717) is 17.1 Å². The van der Waals surface area contributed by atoms with Crippen molar-refractivity contribution in [3.63, 3.8) is 0 Å². The lowest BCUT2D eigenvalue weighted by Gasteiger charge is -2.29. The molecule has 1 N–H and O–H groups in total. The Morgan fingerprint density at radius 3 is 2.61 bits per heavy atom. The fraction of sp³-hybridized carbons (Fsp3) is 0.0435. The molecule has 0 saturated heterocycles. The molecule has 4 aromatic rings. The van der Waals surface area contributed by atoms with E-state index in [1.807, 2.05) is 53.2 Å². The van der Waals surface area contributed by atoms with Crippen LogP contribution in [0.3, 0.4) is 0 Å². The molecule has 0 unspecified atom stereocenters. The topological polar surface area (TPSA) is 60.1 Å². The Hall–Kier alpha value is -4.33. The van der Waals surface area contributed by atoms with Crippen molar-refractivity contribution >= 4 is 11.4 Å². The molecule has 0 fully saturated rings. The number of hydrogen-bond donors (Lipinski definition) is 1. The highest BCUT2D eigenvalue weighted by Crippen LogP contribution is 2.28. The zero-order valence-electron chi connectivity index (χ0n) is 16.7. The number of halogens is 1. The maximum Gasteiger partial charge on any atom is 0.150 e. The summed E-state index contributed by atoms with van der Waals surface area (Å²) < 4.78 is 24.1. The zero-order valence-corrected chi connectivity index (χ0v) is 16.7. The number of allylic oxidation sites excluding steroid dienone is 1. The third-order valence-electron chi connectivity index (χ3n) is 4.93. The number of rotatable bonds is 5. The number of nitrogens with one attached hydrogen (secondary N) is 1. The molecule has 0 amide bonds. The van der Waals surface area contributed by atoms with Gasteiger partial charge in [-0.2, -0.15) is 5.10 Å². The number of hydrazine groups is 1. The maximum absolute atomic E-state index is 15.0. The van der Waals surface area contributed by atoms with Crippen molar-refractivity contribution in [3.8, 4) is 11.4 Å². The summed E-state index contributed by atoms with van der Waals surface area (Å²) in [6, 6.07) is 16.7.